The first kappa shape index (κ1) is 14.0. The summed E-state index contributed by atoms with van der Waals surface area (Å²) in [6.07, 6.45) is 2.55. The van der Waals surface area contributed by atoms with Crippen molar-refractivity contribution in [1.29, 1.82) is 0 Å². The lowest BCUT2D eigenvalue weighted by Gasteiger charge is -2.17. The fraction of sp³-hybridized carbons (Fsp3) is 0.636. The third-order valence-corrected chi connectivity index (χ3v) is 2.88. The summed E-state index contributed by atoms with van der Waals surface area (Å²) in [5.74, 6) is 0.847. The van der Waals surface area contributed by atoms with Crippen molar-refractivity contribution < 1.29 is 0 Å². The second kappa shape index (κ2) is 7.29. The Morgan fingerprint density at radius 3 is 2.76 bits per heavy atom. The van der Waals surface area contributed by atoms with Crippen molar-refractivity contribution in [2.24, 2.45) is 0 Å². The first-order chi connectivity index (χ1) is 8.17. The molecule has 0 aliphatic carbocycles. The second-order valence-corrected chi connectivity index (χ2v) is 4.14. The van der Waals surface area contributed by atoms with Crippen molar-refractivity contribution in [3.05, 3.63) is 11.2 Å². The molecule has 1 aromatic heterocycles. The minimum Gasteiger partial charge on any atom is -0.369 e. The van der Waals surface area contributed by atoms with E-state index in [1.807, 2.05) is 0 Å². The van der Waals surface area contributed by atoms with Gasteiger partial charge in [0.1, 0.15) is 10.8 Å². The third-order valence-electron chi connectivity index (χ3n) is 2.60. The number of halogens is 1. The van der Waals surface area contributed by atoms with E-state index >= 15 is 0 Å². The molecule has 0 atom stereocenters. The van der Waals surface area contributed by atoms with E-state index in [1.165, 1.54) is 6.20 Å². The molecule has 1 heterocycles. The summed E-state index contributed by atoms with van der Waals surface area (Å²) < 4.78 is 0. The fourth-order valence-electron chi connectivity index (χ4n) is 1.55. The highest BCUT2D eigenvalue weighted by atomic mass is 35.5. The van der Waals surface area contributed by atoms with E-state index in [4.69, 9.17) is 17.3 Å². The van der Waals surface area contributed by atoms with Crippen LogP contribution in [0, 0.1) is 0 Å². The van der Waals surface area contributed by atoms with Gasteiger partial charge in [-0.1, -0.05) is 25.4 Å². The first-order valence-corrected chi connectivity index (χ1v) is 6.29. The van der Waals surface area contributed by atoms with Crippen LogP contribution in [0.3, 0.4) is 0 Å². The zero-order chi connectivity index (χ0) is 12.7. The summed E-state index contributed by atoms with van der Waals surface area (Å²) in [5.41, 5.74) is 5.49. The van der Waals surface area contributed by atoms with Gasteiger partial charge in [0.25, 0.3) is 0 Å². The molecule has 0 amide bonds. The molecular formula is C11H20ClN5. The number of nitrogen functional groups attached to an aromatic ring is 1. The van der Waals surface area contributed by atoms with Crippen LogP contribution in [-0.4, -0.2) is 41.0 Å². The normalized spacial score (nSPS) is 10.8. The quantitative estimate of drug-likeness (QED) is 0.730. The van der Waals surface area contributed by atoms with E-state index in [0.717, 1.165) is 32.6 Å². The van der Waals surface area contributed by atoms with E-state index in [0.29, 0.717) is 10.8 Å². The SMILES string of the molecule is CCN(CC)CCCNc1nc(N)ncc1Cl. The standard InChI is InChI=1S/C11H20ClN5/c1-3-17(4-2)7-5-6-14-10-9(12)8-15-11(13)16-10/h8H,3-7H2,1-2H3,(H3,13,14,15,16). The van der Waals surface area contributed by atoms with Crippen molar-refractivity contribution >= 4 is 23.4 Å². The number of hydrogen-bond acceptors (Lipinski definition) is 5. The van der Waals surface area contributed by atoms with Crippen LogP contribution in [0.5, 0.6) is 0 Å². The van der Waals surface area contributed by atoms with Gasteiger partial charge in [-0.05, 0) is 26.1 Å². The van der Waals surface area contributed by atoms with Crippen LogP contribution in [0.2, 0.25) is 5.02 Å². The molecule has 0 aromatic carbocycles. The maximum absolute atomic E-state index is 5.94. The zero-order valence-electron chi connectivity index (χ0n) is 10.4. The van der Waals surface area contributed by atoms with Gasteiger partial charge >= 0.3 is 0 Å². The van der Waals surface area contributed by atoms with Crippen LogP contribution >= 0.6 is 11.6 Å². The molecule has 0 fully saturated rings. The largest absolute Gasteiger partial charge is 0.369 e. The average Bonchev–Trinajstić information content (AvgIpc) is 2.33. The Labute approximate surface area is 107 Å². The van der Waals surface area contributed by atoms with Crippen molar-refractivity contribution in [2.45, 2.75) is 20.3 Å². The first-order valence-electron chi connectivity index (χ1n) is 5.91. The monoisotopic (exact) mass is 257 g/mol. The minimum absolute atomic E-state index is 0.237. The lowest BCUT2D eigenvalue weighted by molar-refractivity contribution is 0.303. The van der Waals surface area contributed by atoms with Gasteiger partial charge in [0, 0.05) is 6.54 Å². The minimum atomic E-state index is 0.237. The number of rotatable bonds is 7. The zero-order valence-corrected chi connectivity index (χ0v) is 11.2. The molecule has 1 aromatic rings. The molecule has 17 heavy (non-hydrogen) atoms. The van der Waals surface area contributed by atoms with E-state index < -0.39 is 0 Å². The Bertz CT molecular complexity index is 341. The summed E-state index contributed by atoms with van der Waals surface area (Å²) in [5, 5.41) is 3.67. The third kappa shape index (κ3) is 4.75. The highest BCUT2D eigenvalue weighted by Gasteiger charge is 2.03. The number of anilines is 2. The summed E-state index contributed by atoms with van der Waals surface area (Å²) >= 11 is 5.94. The highest BCUT2D eigenvalue weighted by Crippen LogP contribution is 2.17. The molecule has 96 valence electrons. The van der Waals surface area contributed by atoms with Crippen LogP contribution in [0.1, 0.15) is 20.3 Å². The molecule has 0 radical (unpaired) electrons. The lowest BCUT2D eigenvalue weighted by Crippen LogP contribution is -2.25. The molecule has 0 saturated carbocycles. The van der Waals surface area contributed by atoms with Crippen molar-refractivity contribution in [1.82, 2.24) is 14.9 Å². The lowest BCUT2D eigenvalue weighted by atomic mass is 10.3. The number of nitrogens with two attached hydrogens (primary N) is 1. The van der Waals surface area contributed by atoms with E-state index in [9.17, 15) is 0 Å². The van der Waals surface area contributed by atoms with E-state index in [1.54, 1.807) is 0 Å². The topological polar surface area (TPSA) is 67.1 Å². The van der Waals surface area contributed by atoms with Crippen LogP contribution in [0.4, 0.5) is 11.8 Å². The summed E-state index contributed by atoms with van der Waals surface area (Å²) in [6, 6.07) is 0. The predicted octanol–water partition coefficient (Wildman–Crippen LogP) is 1.86. The van der Waals surface area contributed by atoms with E-state index in [2.05, 4.69) is 34.0 Å². The number of hydrogen-bond donors (Lipinski definition) is 2. The van der Waals surface area contributed by atoms with Crippen molar-refractivity contribution in [2.75, 3.05) is 37.2 Å². The maximum atomic E-state index is 5.94. The maximum Gasteiger partial charge on any atom is 0.222 e. The van der Waals surface area contributed by atoms with Gasteiger partial charge in [-0.25, -0.2) is 4.98 Å². The van der Waals surface area contributed by atoms with Crippen molar-refractivity contribution in [3.63, 3.8) is 0 Å². The summed E-state index contributed by atoms with van der Waals surface area (Å²) in [6.45, 7) is 8.39. The molecule has 0 spiro atoms. The molecule has 0 aliphatic heterocycles. The molecule has 0 saturated heterocycles. The van der Waals surface area contributed by atoms with Crippen LogP contribution < -0.4 is 11.1 Å². The Morgan fingerprint density at radius 2 is 2.12 bits per heavy atom. The molecule has 0 aliphatic rings. The smallest absolute Gasteiger partial charge is 0.222 e. The fourth-order valence-corrected chi connectivity index (χ4v) is 1.71. The second-order valence-electron chi connectivity index (χ2n) is 3.73. The Balaban J connectivity index is 2.33. The number of nitrogens with one attached hydrogen (secondary N) is 1. The Hall–Kier alpha value is -1.07. The van der Waals surface area contributed by atoms with Crippen LogP contribution in [0.15, 0.2) is 6.20 Å². The number of nitrogens with zero attached hydrogens (tertiary/aromatic N) is 3. The van der Waals surface area contributed by atoms with E-state index in [-0.39, 0.29) is 5.95 Å². The molecule has 6 heteroatoms. The summed E-state index contributed by atoms with van der Waals surface area (Å²) in [7, 11) is 0. The van der Waals surface area contributed by atoms with Gasteiger partial charge in [0.2, 0.25) is 5.95 Å². The Morgan fingerprint density at radius 1 is 1.41 bits per heavy atom. The van der Waals surface area contributed by atoms with Gasteiger partial charge in [0.15, 0.2) is 0 Å². The van der Waals surface area contributed by atoms with Crippen LogP contribution in [0.25, 0.3) is 0 Å². The van der Waals surface area contributed by atoms with Gasteiger partial charge in [-0.3, -0.25) is 0 Å². The number of aromatic nitrogens is 2. The van der Waals surface area contributed by atoms with Crippen molar-refractivity contribution in [3.8, 4) is 0 Å². The van der Waals surface area contributed by atoms with Gasteiger partial charge < -0.3 is 16.0 Å². The van der Waals surface area contributed by atoms with Gasteiger partial charge in [-0.15, -0.1) is 0 Å². The molecule has 5 nitrogen and oxygen atoms in total. The molecular weight excluding hydrogens is 238 g/mol. The Kier molecular flexibility index (Phi) is 6.00. The predicted molar refractivity (Wildman–Crippen MR) is 72.3 cm³/mol. The van der Waals surface area contributed by atoms with Gasteiger partial charge in [0.05, 0.1) is 6.20 Å². The summed E-state index contributed by atoms with van der Waals surface area (Å²) in [4.78, 5) is 10.2. The molecule has 3 N–H and O–H groups in total. The average molecular weight is 258 g/mol. The molecule has 0 bridgehead atoms. The van der Waals surface area contributed by atoms with Gasteiger partial charge in [-0.2, -0.15) is 4.98 Å². The highest BCUT2D eigenvalue weighted by molar-refractivity contribution is 6.32. The van der Waals surface area contributed by atoms with Crippen LogP contribution in [-0.2, 0) is 0 Å². The molecule has 1 rings (SSSR count). The molecule has 0 unspecified atom stereocenters.